The van der Waals surface area contributed by atoms with E-state index in [0.717, 1.165) is 0 Å². The lowest BCUT2D eigenvalue weighted by atomic mass is 9.99. The molecule has 0 N–H and O–H groups in total. The van der Waals surface area contributed by atoms with Gasteiger partial charge in [-0.05, 0) is 60.5 Å². The van der Waals surface area contributed by atoms with Crippen molar-refractivity contribution in [3.8, 4) is 5.75 Å². The second kappa shape index (κ2) is 14.7. The van der Waals surface area contributed by atoms with Gasteiger partial charge < -0.3 is 37.0 Å². The van der Waals surface area contributed by atoms with Crippen molar-refractivity contribution >= 4 is 36.6 Å². The lowest BCUT2D eigenvalue weighted by Gasteiger charge is -2.53. The molecule has 0 aliphatic carbocycles. The number of hydrogen-bond donors (Lipinski definition) is 0. The Bertz CT molecular complexity index is 1330. The molecule has 0 radical (unpaired) electrons. The number of carbonyl (C=O) groups excluding carboxylic acids is 1. The van der Waals surface area contributed by atoms with E-state index in [-0.39, 0.29) is 26.6 Å². The molecule has 12 nitrogen and oxygen atoms in total. The molecule has 0 saturated carbocycles. The summed E-state index contributed by atoms with van der Waals surface area (Å²) in [7, 11) is -6.40. The van der Waals surface area contributed by atoms with Crippen LogP contribution >= 0.6 is 0 Å². The highest BCUT2D eigenvalue weighted by Crippen LogP contribution is 2.47. The summed E-state index contributed by atoms with van der Waals surface area (Å²) in [6, 6.07) is 4.23. The van der Waals surface area contributed by atoms with Crippen LogP contribution in [0.3, 0.4) is 0 Å². The summed E-state index contributed by atoms with van der Waals surface area (Å²) in [6.45, 7) is 32.8. The first-order valence-corrected chi connectivity index (χ1v) is 25.8. The third-order valence-corrected chi connectivity index (χ3v) is 24.4. The predicted molar refractivity (Wildman–Crippen MR) is 195 cm³/mol. The van der Waals surface area contributed by atoms with Gasteiger partial charge in [0, 0.05) is 12.1 Å². The summed E-state index contributed by atoms with van der Waals surface area (Å²) in [5.41, 5.74) is 0.187. The molecule has 15 heteroatoms. The zero-order valence-electron chi connectivity index (χ0n) is 32.5. The van der Waals surface area contributed by atoms with Crippen molar-refractivity contribution in [1.82, 2.24) is 0 Å². The van der Waals surface area contributed by atoms with Crippen molar-refractivity contribution in [2.45, 2.75) is 154 Å². The van der Waals surface area contributed by atoms with Crippen LogP contribution in [0.5, 0.6) is 5.75 Å². The summed E-state index contributed by atoms with van der Waals surface area (Å²) >= 11 is 0. The number of rotatable bonds is 11. The number of hydrogen-bond acceptors (Lipinski definition) is 11. The third kappa shape index (κ3) is 9.40. The van der Waals surface area contributed by atoms with Crippen molar-refractivity contribution in [2.75, 3.05) is 20.3 Å². The van der Waals surface area contributed by atoms with Gasteiger partial charge in [-0.1, -0.05) is 62.3 Å². The van der Waals surface area contributed by atoms with Gasteiger partial charge in [-0.2, -0.15) is 0 Å². The maximum Gasteiger partial charge on any atom is 0.337 e. The predicted octanol–water partition coefficient (Wildman–Crippen LogP) is 8.09. The summed E-state index contributed by atoms with van der Waals surface area (Å²) in [4.78, 5) is 25.0. The average molecular weight is 744 g/mol. The first kappa shape index (κ1) is 41.7. The molecular formula is C34H61NO11Si3. The lowest BCUT2D eigenvalue weighted by Crippen LogP contribution is -2.69. The molecule has 1 aromatic carbocycles. The van der Waals surface area contributed by atoms with E-state index in [2.05, 4.69) is 102 Å². The van der Waals surface area contributed by atoms with Crippen LogP contribution in [-0.2, 0) is 37.0 Å². The Labute approximate surface area is 296 Å². The van der Waals surface area contributed by atoms with Crippen LogP contribution in [0.4, 0.5) is 5.69 Å². The number of methoxy groups -OCH3 is 1. The number of esters is 1. The zero-order valence-corrected chi connectivity index (χ0v) is 35.5. The van der Waals surface area contributed by atoms with Gasteiger partial charge in [-0.25, -0.2) is 4.79 Å². The second-order valence-electron chi connectivity index (χ2n) is 17.6. The van der Waals surface area contributed by atoms with E-state index in [1.54, 1.807) is 0 Å². The van der Waals surface area contributed by atoms with Crippen molar-refractivity contribution < 1.29 is 46.7 Å². The number of non-ortho nitro benzene ring substituents is 1. The Morgan fingerprint density at radius 2 is 1.22 bits per heavy atom. The molecule has 0 amide bonds. The van der Waals surface area contributed by atoms with Crippen LogP contribution in [0.25, 0.3) is 0 Å². The SMILES string of the molecule is COC(=O)[C@H]1O[C@@H](Oc2ccc([N+](=O)[O-])cc2C2OCCO2)[C@H](O[Si](C)(C)C(C)(C)C)[C@@H](O[Si](C)(C)C(C)(C)C)[C@H]1O[Si](C)(C)C(C)(C)C. The minimum absolute atomic E-state index is 0.144. The summed E-state index contributed by atoms with van der Waals surface area (Å²) in [5.74, 6) is -0.386. The Morgan fingerprint density at radius 1 is 0.776 bits per heavy atom. The first-order valence-electron chi connectivity index (χ1n) is 17.1. The van der Waals surface area contributed by atoms with Crippen molar-refractivity contribution in [2.24, 2.45) is 0 Å². The molecular weight excluding hydrogens is 683 g/mol. The van der Waals surface area contributed by atoms with Crippen LogP contribution in [0.2, 0.25) is 54.4 Å². The summed E-state index contributed by atoms with van der Waals surface area (Å²) < 4.78 is 51.8. The van der Waals surface area contributed by atoms with Crippen LogP contribution in [-0.4, -0.2) is 86.9 Å². The summed E-state index contributed by atoms with van der Waals surface area (Å²) in [6.07, 6.45) is -5.85. The lowest BCUT2D eigenvalue weighted by molar-refractivity contribution is -0.385. The molecule has 0 unspecified atom stereocenters. The molecule has 2 heterocycles. The molecule has 3 rings (SSSR count). The standard InChI is InChI=1S/C34H61NO11Si3/c1-32(2,3)47(11,12)44-25-26(45-48(13,14)33(4,5)6)28(46-49(15,16)34(7,8)9)31(43-27(25)29(36)39-10)42-24-18-17-22(35(37)38)21-23(24)30-40-19-20-41-30/h17-18,21,25-28,30-31H,19-20H2,1-16H3/t25-,26+,27+,28-,31-/m1/s1. The second-order valence-corrected chi connectivity index (χ2v) is 31.9. The molecule has 280 valence electrons. The van der Waals surface area contributed by atoms with Crippen molar-refractivity contribution in [3.63, 3.8) is 0 Å². The molecule has 2 aliphatic heterocycles. The van der Waals surface area contributed by atoms with Crippen molar-refractivity contribution in [1.29, 1.82) is 0 Å². The minimum Gasteiger partial charge on any atom is -0.467 e. The van der Waals surface area contributed by atoms with Crippen LogP contribution in [0, 0.1) is 10.1 Å². The number of benzene rings is 1. The van der Waals surface area contributed by atoms with Gasteiger partial charge >= 0.3 is 5.97 Å². The average Bonchev–Trinajstić information content (AvgIpc) is 3.48. The molecule has 2 saturated heterocycles. The monoisotopic (exact) mass is 743 g/mol. The number of nitro benzene ring substituents is 1. The van der Waals surface area contributed by atoms with Crippen molar-refractivity contribution in [3.05, 3.63) is 33.9 Å². The highest BCUT2D eigenvalue weighted by molar-refractivity contribution is 6.75. The molecule has 0 bridgehead atoms. The largest absolute Gasteiger partial charge is 0.467 e. The fraction of sp³-hybridized carbons (Fsp3) is 0.794. The quantitative estimate of drug-likeness (QED) is 0.0942. The molecule has 5 atom stereocenters. The maximum atomic E-state index is 13.7. The first-order chi connectivity index (χ1) is 22.1. The number of nitro groups is 1. The van der Waals surface area contributed by atoms with E-state index in [9.17, 15) is 14.9 Å². The van der Waals surface area contributed by atoms with Crippen LogP contribution in [0.1, 0.15) is 74.2 Å². The van der Waals surface area contributed by atoms with Gasteiger partial charge in [0.05, 0.1) is 30.8 Å². The highest BCUT2D eigenvalue weighted by Gasteiger charge is 2.59. The number of ether oxygens (including phenoxy) is 5. The van der Waals surface area contributed by atoms with Crippen LogP contribution < -0.4 is 4.74 Å². The van der Waals surface area contributed by atoms with E-state index in [1.165, 1.54) is 25.3 Å². The molecule has 1 aromatic rings. The van der Waals surface area contributed by atoms with Gasteiger partial charge in [-0.3, -0.25) is 10.1 Å². The fourth-order valence-corrected chi connectivity index (χ4v) is 8.63. The molecule has 49 heavy (non-hydrogen) atoms. The van der Waals surface area contributed by atoms with E-state index in [4.69, 9.17) is 37.0 Å². The van der Waals surface area contributed by atoms with Gasteiger partial charge in [0.1, 0.15) is 24.1 Å². The molecule has 0 spiro atoms. The number of nitrogens with zero attached hydrogens (tertiary/aromatic N) is 1. The zero-order chi connectivity index (χ0) is 37.5. The molecule has 2 aliphatic rings. The van der Waals surface area contributed by atoms with E-state index < -0.39 is 72.8 Å². The Morgan fingerprint density at radius 3 is 1.65 bits per heavy atom. The van der Waals surface area contributed by atoms with E-state index in [1.807, 2.05) is 0 Å². The maximum absolute atomic E-state index is 13.7. The molecule has 0 aromatic heterocycles. The third-order valence-electron chi connectivity index (χ3n) is 11.0. The van der Waals surface area contributed by atoms with Gasteiger partial charge in [0.25, 0.3) is 5.69 Å². The van der Waals surface area contributed by atoms with E-state index in [0.29, 0.717) is 18.8 Å². The highest BCUT2D eigenvalue weighted by atomic mass is 28.4. The normalized spacial score (nSPS) is 24.9. The van der Waals surface area contributed by atoms with Gasteiger partial charge in [0.2, 0.25) is 6.29 Å². The van der Waals surface area contributed by atoms with E-state index >= 15 is 0 Å². The van der Waals surface area contributed by atoms with Gasteiger partial charge in [0.15, 0.2) is 37.3 Å². The van der Waals surface area contributed by atoms with Crippen LogP contribution in [0.15, 0.2) is 18.2 Å². The van der Waals surface area contributed by atoms with Gasteiger partial charge in [-0.15, -0.1) is 0 Å². The molecule has 2 fully saturated rings. The summed E-state index contributed by atoms with van der Waals surface area (Å²) in [5, 5.41) is 11.2. The Kier molecular flexibility index (Phi) is 12.5. The Balaban J connectivity index is 2.31. The fourth-order valence-electron chi connectivity index (χ4n) is 4.75. The Hall–Kier alpha value is -1.70. The smallest absolute Gasteiger partial charge is 0.337 e. The topological polar surface area (TPSA) is 134 Å². The minimum atomic E-state index is -2.58. The number of carbonyl (C=O) groups is 1.